The van der Waals surface area contributed by atoms with Gasteiger partial charge < -0.3 is 15.2 Å². The average Bonchev–Trinajstić information content (AvgIpc) is 1.81. The molecule has 0 aliphatic heterocycles. The van der Waals surface area contributed by atoms with Crippen LogP contribution in [0.2, 0.25) is 0 Å². The summed E-state index contributed by atoms with van der Waals surface area (Å²) in [6.45, 7) is 3.55. The van der Waals surface area contributed by atoms with Gasteiger partial charge in [0.1, 0.15) is 6.29 Å². The Bertz CT molecular complexity index is 133. The molecule has 0 rings (SSSR count). The number of amides is 1. The van der Waals surface area contributed by atoms with Gasteiger partial charge in [-0.3, -0.25) is 0 Å². The van der Waals surface area contributed by atoms with Crippen molar-refractivity contribution in [2.24, 2.45) is 5.92 Å². The Balaban J connectivity index is 3.83. The summed E-state index contributed by atoms with van der Waals surface area (Å²) < 4.78 is 0. The average molecular weight is 145 g/mol. The van der Waals surface area contributed by atoms with E-state index < -0.39 is 12.1 Å². The molecular formula is C6H11NO3. The Labute approximate surface area is 59.2 Å². The minimum Gasteiger partial charge on any atom is -0.465 e. The third-order valence-electron chi connectivity index (χ3n) is 1.15. The molecule has 1 amide bonds. The Kier molecular flexibility index (Phi) is 3.46. The van der Waals surface area contributed by atoms with Gasteiger partial charge in [-0.05, 0) is 5.92 Å². The zero-order chi connectivity index (χ0) is 8.15. The molecule has 0 bridgehead atoms. The standard InChI is InChI=1S/C6H11NO3/c1-4(2)5(3-8)7-6(9)10/h3-5,7H,1-2H3,(H,9,10). The second-order valence-corrected chi connectivity index (χ2v) is 2.36. The molecule has 0 saturated heterocycles. The monoisotopic (exact) mass is 145 g/mol. The Morgan fingerprint density at radius 1 is 1.60 bits per heavy atom. The number of carbonyl (C=O) groups is 2. The number of hydrogen-bond donors (Lipinski definition) is 2. The second kappa shape index (κ2) is 3.87. The summed E-state index contributed by atoms with van der Waals surface area (Å²) in [6, 6.07) is -0.586. The molecule has 0 aromatic rings. The zero-order valence-corrected chi connectivity index (χ0v) is 6.00. The lowest BCUT2D eigenvalue weighted by molar-refractivity contribution is -0.110. The van der Waals surface area contributed by atoms with Gasteiger partial charge in [-0.2, -0.15) is 0 Å². The van der Waals surface area contributed by atoms with Crippen LogP contribution < -0.4 is 5.32 Å². The summed E-state index contributed by atoms with van der Waals surface area (Å²) in [5, 5.41) is 10.3. The maximum Gasteiger partial charge on any atom is 0.405 e. The Morgan fingerprint density at radius 2 is 2.10 bits per heavy atom. The molecule has 1 atom stereocenters. The summed E-state index contributed by atoms with van der Waals surface area (Å²) in [5.41, 5.74) is 0. The van der Waals surface area contributed by atoms with Gasteiger partial charge in [0.05, 0.1) is 6.04 Å². The van der Waals surface area contributed by atoms with Gasteiger partial charge >= 0.3 is 6.09 Å². The summed E-state index contributed by atoms with van der Waals surface area (Å²) in [6.07, 6.45) is -0.565. The van der Waals surface area contributed by atoms with Gasteiger partial charge in [-0.1, -0.05) is 13.8 Å². The van der Waals surface area contributed by atoms with E-state index in [9.17, 15) is 9.59 Å². The predicted molar refractivity (Wildman–Crippen MR) is 35.9 cm³/mol. The zero-order valence-electron chi connectivity index (χ0n) is 6.00. The second-order valence-electron chi connectivity index (χ2n) is 2.36. The van der Waals surface area contributed by atoms with Crippen LogP contribution >= 0.6 is 0 Å². The van der Waals surface area contributed by atoms with Crippen molar-refractivity contribution in [2.75, 3.05) is 0 Å². The van der Waals surface area contributed by atoms with Gasteiger partial charge in [-0.15, -0.1) is 0 Å². The maximum atomic E-state index is 10.2. The quantitative estimate of drug-likeness (QED) is 0.567. The lowest BCUT2D eigenvalue weighted by atomic mass is 10.1. The SMILES string of the molecule is CC(C)C(C=O)NC(=O)O. The van der Waals surface area contributed by atoms with Gasteiger partial charge in [0.25, 0.3) is 0 Å². The smallest absolute Gasteiger partial charge is 0.405 e. The Morgan fingerprint density at radius 3 is 2.20 bits per heavy atom. The van der Waals surface area contributed by atoms with Crippen molar-refractivity contribution in [1.29, 1.82) is 0 Å². The van der Waals surface area contributed by atoms with Crippen LogP contribution in [0.4, 0.5) is 4.79 Å². The van der Waals surface area contributed by atoms with E-state index in [0.29, 0.717) is 6.29 Å². The van der Waals surface area contributed by atoms with E-state index >= 15 is 0 Å². The van der Waals surface area contributed by atoms with Gasteiger partial charge in [0.2, 0.25) is 0 Å². The lowest BCUT2D eigenvalue weighted by Crippen LogP contribution is -2.38. The highest BCUT2D eigenvalue weighted by atomic mass is 16.4. The van der Waals surface area contributed by atoms with Crippen molar-refractivity contribution in [3.63, 3.8) is 0 Å². The molecule has 0 saturated carbocycles. The largest absolute Gasteiger partial charge is 0.465 e. The third kappa shape index (κ3) is 3.06. The fourth-order valence-electron chi connectivity index (χ4n) is 0.500. The molecule has 1 unspecified atom stereocenters. The third-order valence-corrected chi connectivity index (χ3v) is 1.15. The Hall–Kier alpha value is -1.06. The van der Waals surface area contributed by atoms with Crippen LogP contribution in [0.25, 0.3) is 0 Å². The van der Waals surface area contributed by atoms with Gasteiger partial charge in [0.15, 0.2) is 0 Å². The summed E-state index contributed by atoms with van der Waals surface area (Å²) in [5.74, 6) is 0.00796. The van der Waals surface area contributed by atoms with Crippen LogP contribution in [-0.4, -0.2) is 23.5 Å². The fourth-order valence-corrected chi connectivity index (χ4v) is 0.500. The van der Waals surface area contributed by atoms with Gasteiger partial charge in [0, 0.05) is 0 Å². The molecule has 0 aliphatic rings. The number of carbonyl (C=O) groups excluding carboxylic acids is 1. The van der Waals surface area contributed by atoms with Crippen LogP contribution in [0.5, 0.6) is 0 Å². The molecule has 0 fully saturated rings. The van der Waals surface area contributed by atoms with E-state index in [4.69, 9.17) is 5.11 Å². The van der Waals surface area contributed by atoms with Crippen LogP contribution in [-0.2, 0) is 4.79 Å². The van der Waals surface area contributed by atoms with Crippen molar-refractivity contribution in [1.82, 2.24) is 5.32 Å². The van der Waals surface area contributed by atoms with E-state index in [1.165, 1.54) is 0 Å². The van der Waals surface area contributed by atoms with Crippen LogP contribution in [0.1, 0.15) is 13.8 Å². The molecule has 10 heavy (non-hydrogen) atoms. The molecule has 0 aliphatic carbocycles. The first kappa shape index (κ1) is 8.94. The molecule has 0 spiro atoms. The predicted octanol–water partition coefficient (Wildman–Crippen LogP) is 0.478. The molecule has 58 valence electrons. The molecule has 4 heteroatoms. The van der Waals surface area contributed by atoms with E-state index in [1.807, 2.05) is 0 Å². The van der Waals surface area contributed by atoms with Crippen molar-refractivity contribution in [3.8, 4) is 0 Å². The normalized spacial score (nSPS) is 12.7. The number of rotatable bonds is 3. The molecule has 0 heterocycles. The number of nitrogens with one attached hydrogen (secondary N) is 1. The number of hydrogen-bond acceptors (Lipinski definition) is 2. The number of aldehydes is 1. The summed E-state index contributed by atoms with van der Waals surface area (Å²) >= 11 is 0. The van der Waals surface area contributed by atoms with Crippen LogP contribution in [0, 0.1) is 5.92 Å². The number of carboxylic acid groups (broad SMARTS) is 1. The van der Waals surface area contributed by atoms with Crippen LogP contribution in [0.15, 0.2) is 0 Å². The molecule has 2 N–H and O–H groups in total. The van der Waals surface area contributed by atoms with E-state index in [2.05, 4.69) is 5.32 Å². The highest BCUT2D eigenvalue weighted by Gasteiger charge is 2.13. The first-order chi connectivity index (χ1) is 4.57. The molecule has 4 nitrogen and oxygen atoms in total. The molecule has 0 radical (unpaired) electrons. The van der Waals surface area contributed by atoms with E-state index in [-0.39, 0.29) is 5.92 Å². The van der Waals surface area contributed by atoms with E-state index in [0.717, 1.165) is 0 Å². The maximum absolute atomic E-state index is 10.2. The van der Waals surface area contributed by atoms with Crippen molar-refractivity contribution >= 4 is 12.4 Å². The lowest BCUT2D eigenvalue weighted by Gasteiger charge is -2.12. The molecule has 0 aromatic heterocycles. The minimum atomic E-state index is -1.16. The van der Waals surface area contributed by atoms with Crippen molar-refractivity contribution in [2.45, 2.75) is 19.9 Å². The van der Waals surface area contributed by atoms with Crippen molar-refractivity contribution < 1.29 is 14.7 Å². The first-order valence-electron chi connectivity index (χ1n) is 3.02. The van der Waals surface area contributed by atoms with Crippen molar-refractivity contribution in [3.05, 3.63) is 0 Å². The highest BCUT2D eigenvalue weighted by molar-refractivity contribution is 5.71. The molecule has 0 aromatic carbocycles. The summed E-state index contributed by atoms with van der Waals surface area (Å²) in [4.78, 5) is 20.2. The molecular weight excluding hydrogens is 134 g/mol. The topological polar surface area (TPSA) is 66.4 Å². The first-order valence-corrected chi connectivity index (χ1v) is 3.02. The van der Waals surface area contributed by atoms with Gasteiger partial charge in [-0.25, -0.2) is 4.79 Å². The highest BCUT2D eigenvalue weighted by Crippen LogP contribution is 1.97. The fraction of sp³-hybridized carbons (Fsp3) is 0.667. The summed E-state index contributed by atoms with van der Waals surface area (Å²) in [7, 11) is 0. The van der Waals surface area contributed by atoms with E-state index in [1.54, 1.807) is 13.8 Å². The van der Waals surface area contributed by atoms with Crippen LogP contribution in [0.3, 0.4) is 0 Å². The minimum absolute atomic E-state index is 0.00796.